The van der Waals surface area contributed by atoms with Gasteiger partial charge in [0.15, 0.2) is 0 Å². The highest BCUT2D eigenvalue weighted by atomic mass is 35.5. The van der Waals surface area contributed by atoms with Crippen molar-refractivity contribution < 1.29 is 14.3 Å². The molecule has 0 spiro atoms. The summed E-state index contributed by atoms with van der Waals surface area (Å²) in [6.45, 7) is 3.73. The molecule has 0 aromatic heterocycles. The number of rotatable bonds is 5. The molecule has 0 bridgehead atoms. The lowest BCUT2D eigenvalue weighted by atomic mass is 9.98. The Hall–Kier alpha value is -1.30. The normalized spacial score (nSPS) is 18.5. The van der Waals surface area contributed by atoms with Gasteiger partial charge in [-0.25, -0.2) is 0 Å². The van der Waals surface area contributed by atoms with E-state index in [-0.39, 0.29) is 24.3 Å². The Bertz CT molecular complexity index is 560. The number of carbonyl (C=O) groups is 2. The predicted octanol–water partition coefficient (Wildman–Crippen LogP) is 3.21. The highest BCUT2D eigenvalue weighted by Gasteiger charge is 2.27. The van der Waals surface area contributed by atoms with Gasteiger partial charge in [-0.15, -0.1) is 0 Å². The van der Waals surface area contributed by atoms with E-state index in [9.17, 15) is 9.59 Å². The Morgan fingerprint density at radius 3 is 2.65 bits per heavy atom. The van der Waals surface area contributed by atoms with Crippen molar-refractivity contribution in [3.63, 3.8) is 0 Å². The molecule has 1 aliphatic rings. The molecule has 0 aliphatic carbocycles. The van der Waals surface area contributed by atoms with Gasteiger partial charge in [0.1, 0.15) is 0 Å². The zero-order valence-electron chi connectivity index (χ0n) is 13.0. The molecule has 1 heterocycles. The van der Waals surface area contributed by atoms with Crippen molar-refractivity contribution >= 4 is 40.8 Å². The third-order valence-electron chi connectivity index (χ3n) is 3.64. The van der Waals surface area contributed by atoms with Crippen molar-refractivity contribution in [2.75, 3.05) is 31.6 Å². The van der Waals surface area contributed by atoms with Crippen LogP contribution in [0.4, 0.5) is 5.69 Å². The number of amides is 1. The number of carbonyl (C=O) groups excluding carboxylic acids is 2. The standard InChI is InChI=1S/C16H20Cl2N2O3/c1-2-23-16(22)11-4-3-5-20(9-11)10-15(21)19-14-7-12(17)6-13(18)8-14/h6-8,11H,2-5,9-10H2,1H3,(H,19,21)/t11-/m1/s1. The number of benzene rings is 1. The number of nitrogens with one attached hydrogen (secondary N) is 1. The average Bonchev–Trinajstić information content (AvgIpc) is 2.46. The zero-order chi connectivity index (χ0) is 16.8. The fourth-order valence-electron chi connectivity index (χ4n) is 2.68. The number of piperidine rings is 1. The van der Waals surface area contributed by atoms with Crippen molar-refractivity contribution in [1.29, 1.82) is 0 Å². The van der Waals surface area contributed by atoms with Crippen LogP contribution in [-0.2, 0) is 14.3 Å². The number of ether oxygens (including phenoxy) is 1. The van der Waals surface area contributed by atoms with E-state index in [1.807, 2.05) is 4.90 Å². The van der Waals surface area contributed by atoms with Gasteiger partial charge in [-0.05, 0) is 44.5 Å². The highest BCUT2D eigenvalue weighted by Crippen LogP contribution is 2.23. The van der Waals surface area contributed by atoms with Crippen LogP contribution in [0, 0.1) is 5.92 Å². The number of nitrogens with zero attached hydrogens (tertiary/aromatic N) is 1. The summed E-state index contributed by atoms with van der Waals surface area (Å²) in [4.78, 5) is 25.9. The molecule has 0 saturated carbocycles. The first kappa shape index (κ1) is 18.0. The first-order valence-corrected chi connectivity index (χ1v) is 8.38. The molecule has 1 aromatic carbocycles. The Morgan fingerprint density at radius 1 is 1.30 bits per heavy atom. The van der Waals surface area contributed by atoms with Crippen molar-refractivity contribution in [3.05, 3.63) is 28.2 Å². The molecule has 0 radical (unpaired) electrons. The maximum Gasteiger partial charge on any atom is 0.310 e. The van der Waals surface area contributed by atoms with Gasteiger partial charge < -0.3 is 10.1 Å². The van der Waals surface area contributed by atoms with Crippen LogP contribution in [0.25, 0.3) is 0 Å². The SMILES string of the molecule is CCOC(=O)[C@@H]1CCCN(CC(=O)Nc2cc(Cl)cc(Cl)c2)C1. The smallest absolute Gasteiger partial charge is 0.310 e. The molecule has 23 heavy (non-hydrogen) atoms. The van der Waals surface area contributed by atoms with E-state index in [1.54, 1.807) is 25.1 Å². The van der Waals surface area contributed by atoms with Gasteiger partial charge in [0.25, 0.3) is 0 Å². The number of likely N-dealkylation sites (tertiary alicyclic amines) is 1. The largest absolute Gasteiger partial charge is 0.466 e. The summed E-state index contributed by atoms with van der Waals surface area (Å²) in [5, 5.41) is 3.71. The molecule has 1 aliphatic heterocycles. The summed E-state index contributed by atoms with van der Waals surface area (Å²) in [6, 6.07) is 4.89. The summed E-state index contributed by atoms with van der Waals surface area (Å²) in [5.41, 5.74) is 0.562. The van der Waals surface area contributed by atoms with Crippen molar-refractivity contribution in [3.8, 4) is 0 Å². The maximum atomic E-state index is 12.2. The quantitative estimate of drug-likeness (QED) is 0.821. The Balaban J connectivity index is 1.88. The molecule has 1 N–H and O–H groups in total. The minimum Gasteiger partial charge on any atom is -0.466 e. The lowest BCUT2D eigenvalue weighted by Gasteiger charge is -2.30. The number of hydrogen-bond acceptors (Lipinski definition) is 4. The Labute approximate surface area is 145 Å². The molecule has 2 rings (SSSR count). The fourth-order valence-corrected chi connectivity index (χ4v) is 3.21. The van der Waals surface area contributed by atoms with Gasteiger partial charge in [0, 0.05) is 22.3 Å². The molecule has 5 nitrogen and oxygen atoms in total. The average molecular weight is 359 g/mol. The number of hydrogen-bond donors (Lipinski definition) is 1. The topological polar surface area (TPSA) is 58.6 Å². The Kier molecular flexibility index (Phi) is 6.69. The van der Waals surface area contributed by atoms with Crippen molar-refractivity contribution in [2.45, 2.75) is 19.8 Å². The first-order valence-electron chi connectivity index (χ1n) is 7.63. The van der Waals surface area contributed by atoms with Gasteiger partial charge in [-0.2, -0.15) is 0 Å². The van der Waals surface area contributed by atoms with E-state index >= 15 is 0 Å². The lowest BCUT2D eigenvalue weighted by Crippen LogP contribution is -2.43. The second-order valence-corrected chi connectivity index (χ2v) is 6.41. The highest BCUT2D eigenvalue weighted by molar-refractivity contribution is 6.35. The molecule has 126 valence electrons. The van der Waals surface area contributed by atoms with Crippen LogP contribution in [0.15, 0.2) is 18.2 Å². The molecular weight excluding hydrogens is 339 g/mol. The van der Waals surface area contributed by atoms with E-state index in [0.717, 1.165) is 19.4 Å². The molecule has 0 unspecified atom stereocenters. The number of halogens is 2. The third kappa shape index (κ3) is 5.68. The fraction of sp³-hybridized carbons (Fsp3) is 0.500. The third-order valence-corrected chi connectivity index (χ3v) is 4.08. The van der Waals surface area contributed by atoms with Gasteiger partial charge in [0.2, 0.25) is 5.91 Å². The Morgan fingerprint density at radius 2 is 2.00 bits per heavy atom. The van der Waals surface area contributed by atoms with Crippen LogP contribution < -0.4 is 5.32 Å². The van der Waals surface area contributed by atoms with Crippen LogP contribution in [0.3, 0.4) is 0 Å². The van der Waals surface area contributed by atoms with E-state index in [0.29, 0.717) is 28.9 Å². The van der Waals surface area contributed by atoms with E-state index in [1.165, 1.54) is 0 Å². The molecule has 7 heteroatoms. The van der Waals surface area contributed by atoms with Gasteiger partial charge >= 0.3 is 5.97 Å². The minimum atomic E-state index is -0.181. The first-order chi connectivity index (χ1) is 11.0. The molecule has 1 aromatic rings. The maximum absolute atomic E-state index is 12.2. The summed E-state index contributed by atoms with van der Waals surface area (Å²) in [6.07, 6.45) is 1.68. The van der Waals surface area contributed by atoms with Gasteiger partial charge in [-0.3, -0.25) is 14.5 Å². The number of anilines is 1. The van der Waals surface area contributed by atoms with Crippen LogP contribution in [-0.4, -0.2) is 43.0 Å². The second-order valence-electron chi connectivity index (χ2n) is 5.53. The molecule has 1 amide bonds. The summed E-state index contributed by atoms with van der Waals surface area (Å²) >= 11 is 11.8. The van der Waals surface area contributed by atoms with E-state index in [2.05, 4.69) is 5.32 Å². The zero-order valence-corrected chi connectivity index (χ0v) is 14.5. The van der Waals surface area contributed by atoms with Gasteiger partial charge in [0.05, 0.1) is 19.1 Å². The predicted molar refractivity (Wildman–Crippen MR) is 90.9 cm³/mol. The molecule has 1 atom stereocenters. The van der Waals surface area contributed by atoms with Crippen LogP contribution >= 0.6 is 23.2 Å². The summed E-state index contributed by atoms with van der Waals surface area (Å²) in [5.74, 6) is -0.496. The number of esters is 1. The lowest BCUT2D eigenvalue weighted by molar-refractivity contribution is -0.150. The summed E-state index contributed by atoms with van der Waals surface area (Å²) in [7, 11) is 0. The van der Waals surface area contributed by atoms with Gasteiger partial charge in [-0.1, -0.05) is 23.2 Å². The van der Waals surface area contributed by atoms with E-state index in [4.69, 9.17) is 27.9 Å². The van der Waals surface area contributed by atoms with Crippen LogP contribution in [0.1, 0.15) is 19.8 Å². The molecule has 1 fully saturated rings. The van der Waals surface area contributed by atoms with Crippen molar-refractivity contribution in [1.82, 2.24) is 4.90 Å². The van der Waals surface area contributed by atoms with Crippen molar-refractivity contribution in [2.24, 2.45) is 5.92 Å². The van der Waals surface area contributed by atoms with Crippen LogP contribution in [0.5, 0.6) is 0 Å². The monoisotopic (exact) mass is 358 g/mol. The minimum absolute atomic E-state index is 0.155. The second kappa shape index (κ2) is 8.52. The summed E-state index contributed by atoms with van der Waals surface area (Å²) < 4.78 is 5.06. The molecular formula is C16H20Cl2N2O3. The van der Waals surface area contributed by atoms with E-state index < -0.39 is 0 Å². The van der Waals surface area contributed by atoms with Crippen LogP contribution in [0.2, 0.25) is 10.0 Å². The molecule has 1 saturated heterocycles.